The van der Waals surface area contributed by atoms with Gasteiger partial charge in [-0.3, -0.25) is 0 Å². The first-order valence-corrected chi connectivity index (χ1v) is 17.6. The van der Waals surface area contributed by atoms with Crippen LogP contribution in [0.15, 0.2) is 48.5 Å². The van der Waals surface area contributed by atoms with Crippen molar-refractivity contribution in [3.05, 3.63) is 70.8 Å². The van der Waals surface area contributed by atoms with E-state index in [1.807, 2.05) is 0 Å². The Morgan fingerprint density at radius 1 is 0.352 bits per heavy atom. The molecule has 7 rings (SSSR count). The van der Waals surface area contributed by atoms with E-state index in [9.17, 15) is 19.8 Å². The van der Waals surface area contributed by atoms with Gasteiger partial charge in [0.1, 0.15) is 85.3 Å². The quantitative estimate of drug-likeness (QED) is 0.359. The second-order valence-corrected chi connectivity index (χ2v) is 11.7. The predicted octanol–water partition coefficient (Wildman–Crippen LogP) is 3.88. The Bertz CT molecular complexity index is 1450. The molecule has 4 heterocycles. The maximum absolute atomic E-state index is 12.4. The highest BCUT2D eigenvalue weighted by atomic mass is 16.6. The molecular weight excluding hydrogens is 712 g/mol. The highest BCUT2D eigenvalue weighted by Crippen LogP contribution is 2.32. The molecule has 2 N–H and O–H groups in total. The van der Waals surface area contributed by atoms with Gasteiger partial charge >= 0.3 is 11.9 Å². The number of carboxylic acids is 2. The molecule has 294 valence electrons. The number of fused-ring (bicyclic) bond motifs is 24. The molecular formula is C38H46O16. The zero-order valence-electron chi connectivity index (χ0n) is 30.0. The number of aromatic carboxylic acids is 2. The van der Waals surface area contributed by atoms with E-state index < -0.39 is 11.9 Å². The predicted molar refractivity (Wildman–Crippen MR) is 189 cm³/mol. The van der Waals surface area contributed by atoms with Gasteiger partial charge in [-0.2, -0.15) is 0 Å². The van der Waals surface area contributed by atoms with Crippen LogP contribution >= 0.6 is 0 Å². The van der Waals surface area contributed by atoms with Gasteiger partial charge in [0.2, 0.25) is 0 Å². The average Bonchev–Trinajstić information content (AvgIpc) is 3.15. The Labute approximate surface area is 312 Å². The molecule has 16 nitrogen and oxygen atoms in total. The molecule has 0 aromatic heterocycles. The van der Waals surface area contributed by atoms with E-state index in [4.69, 9.17) is 56.8 Å². The van der Waals surface area contributed by atoms with E-state index in [-0.39, 0.29) is 62.3 Å². The van der Waals surface area contributed by atoms with E-state index in [1.54, 1.807) is 36.4 Å². The maximum atomic E-state index is 12.4. The molecule has 3 aromatic rings. The van der Waals surface area contributed by atoms with Crippen LogP contribution in [0.2, 0.25) is 0 Å². The van der Waals surface area contributed by atoms with Crippen molar-refractivity contribution in [3.63, 3.8) is 0 Å². The fraction of sp³-hybridized carbons (Fsp3) is 0.474. The van der Waals surface area contributed by atoms with Crippen molar-refractivity contribution in [1.29, 1.82) is 0 Å². The smallest absolute Gasteiger partial charge is 0.339 e. The number of hydrogen-bond donors (Lipinski definition) is 2. The number of rotatable bonds is 2. The van der Waals surface area contributed by atoms with Crippen LogP contribution in [0.3, 0.4) is 0 Å². The van der Waals surface area contributed by atoms with E-state index in [1.165, 1.54) is 0 Å². The molecule has 16 heteroatoms. The van der Waals surface area contributed by atoms with Crippen molar-refractivity contribution >= 4 is 11.9 Å². The van der Waals surface area contributed by atoms with Crippen LogP contribution < -0.4 is 28.4 Å². The number of carboxylic acid groups (broad SMARTS) is 2. The Balaban J connectivity index is 1.46. The Hall–Kier alpha value is -4.84. The second kappa shape index (κ2) is 22.4. The first kappa shape index (κ1) is 40.3. The molecule has 4 aliphatic heterocycles. The van der Waals surface area contributed by atoms with Gasteiger partial charge in [-0.25, -0.2) is 9.59 Å². The van der Waals surface area contributed by atoms with Crippen LogP contribution in [0.5, 0.6) is 34.5 Å². The molecule has 4 aliphatic rings. The summed E-state index contributed by atoms with van der Waals surface area (Å²) in [5, 5.41) is 20.2. The fourth-order valence-electron chi connectivity index (χ4n) is 5.17. The lowest BCUT2D eigenvalue weighted by molar-refractivity contribution is 0.00432. The van der Waals surface area contributed by atoms with Crippen LogP contribution in [0.25, 0.3) is 0 Å². The first-order chi connectivity index (χ1) is 26.4. The summed E-state index contributed by atoms with van der Waals surface area (Å²) in [4.78, 5) is 24.8. The van der Waals surface area contributed by atoms with Gasteiger partial charge in [0, 0.05) is 12.1 Å². The third-order valence-electron chi connectivity index (χ3n) is 7.68. The normalized spacial score (nSPS) is 17.8. The van der Waals surface area contributed by atoms with E-state index in [0.29, 0.717) is 113 Å². The number of ether oxygens (including phenoxy) is 12. The summed E-state index contributed by atoms with van der Waals surface area (Å²) in [6.45, 7) is 4.74. The summed E-state index contributed by atoms with van der Waals surface area (Å²) in [6.07, 6.45) is 0. The summed E-state index contributed by atoms with van der Waals surface area (Å²) >= 11 is 0. The van der Waals surface area contributed by atoms with E-state index >= 15 is 0 Å². The monoisotopic (exact) mass is 758 g/mol. The number of benzene rings is 3. The minimum Gasteiger partial charge on any atom is -0.491 e. The van der Waals surface area contributed by atoms with Gasteiger partial charge in [-0.1, -0.05) is 0 Å². The van der Waals surface area contributed by atoms with Gasteiger partial charge in [0.15, 0.2) is 0 Å². The lowest BCUT2D eigenvalue weighted by Gasteiger charge is -2.17. The highest BCUT2D eigenvalue weighted by Gasteiger charge is 2.22. The lowest BCUT2D eigenvalue weighted by atomic mass is 10.1. The molecule has 54 heavy (non-hydrogen) atoms. The van der Waals surface area contributed by atoms with Gasteiger partial charge < -0.3 is 67.1 Å². The van der Waals surface area contributed by atoms with Crippen LogP contribution in [0.1, 0.15) is 31.8 Å². The second-order valence-electron chi connectivity index (χ2n) is 11.7. The fourth-order valence-corrected chi connectivity index (χ4v) is 5.17. The molecule has 0 radical (unpaired) electrons. The van der Waals surface area contributed by atoms with Gasteiger partial charge in [-0.05, 0) is 47.5 Å². The van der Waals surface area contributed by atoms with Crippen LogP contribution in [0.4, 0.5) is 0 Å². The average molecular weight is 759 g/mol. The summed E-state index contributed by atoms with van der Waals surface area (Å²) in [7, 11) is 0. The number of hydrogen-bond acceptors (Lipinski definition) is 14. The van der Waals surface area contributed by atoms with Crippen molar-refractivity contribution in [2.24, 2.45) is 0 Å². The molecule has 0 spiro atoms. The Kier molecular flexibility index (Phi) is 16.7. The molecule has 0 atom stereocenters. The molecule has 0 unspecified atom stereocenters. The first-order valence-electron chi connectivity index (χ1n) is 17.6. The van der Waals surface area contributed by atoms with Gasteiger partial charge in [-0.15, -0.1) is 0 Å². The van der Waals surface area contributed by atoms with Gasteiger partial charge in [0.25, 0.3) is 0 Å². The van der Waals surface area contributed by atoms with E-state index in [0.717, 1.165) is 12.1 Å². The third-order valence-corrected chi connectivity index (χ3v) is 7.68. The standard InChI is InChI=1S/C38H46O16/c39-37(40)33-24-36-34(38(41)42)23-35(33)53-25-27-17-29-21-30(18-27)51-15-11-47-7-3-44-4-8-48-12-16-52-32-20-28(26-54-36)19-31(22-32)50-14-10-46-6-2-43-1-5-45-9-13-49-29/h17-24H,1-16,25-26H2,(H,39,40)(H,41,42). The van der Waals surface area contributed by atoms with Crippen molar-refractivity contribution < 1.29 is 76.6 Å². The lowest BCUT2D eigenvalue weighted by Crippen LogP contribution is -2.15. The maximum Gasteiger partial charge on any atom is 0.339 e. The van der Waals surface area contributed by atoms with Crippen LogP contribution in [0, 0.1) is 0 Å². The van der Waals surface area contributed by atoms with Crippen molar-refractivity contribution in [3.8, 4) is 34.5 Å². The van der Waals surface area contributed by atoms with Crippen LogP contribution in [-0.4, -0.2) is 128 Å². The van der Waals surface area contributed by atoms with Crippen LogP contribution in [-0.2, 0) is 41.6 Å². The molecule has 0 amide bonds. The minimum absolute atomic E-state index is 0.141. The Morgan fingerprint density at radius 2 is 0.611 bits per heavy atom. The van der Waals surface area contributed by atoms with Gasteiger partial charge in [0.05, 0.1) is 79.3 Å². The molecule has 0 aliphatic carbocycles. The summed E-state index contributed by atoms with van der Waals surface area (Å²) < 4.78 is 69.3. The van der Waals surface area contributed by atoms with Crippen molar-refractivity contribution in [2.75, 3.05) is 106 Å². The van der Waals surface area contributed by atoms with Crippen molar-refractivity contribution in [2.45, 2.75) is 13.2 Å². The summed E-state index contributed by atoms with van der Waals surface area (Å²) in [5.74, 6) is -1.20. The molecule has 3 aromatic carbocycles. The summed E-state index contributed by atoms with van der Waals surface area (Å²) in [5.41, 5.74) is 0.548. The van der Waals surface area contributed by atoms with E-state index in [2.05, 4.69) is 0 Å². The molecule has 0 saturated carbocycles. The number of carbonyl (C=O) groups is 2. The largest absolute Gasteiger partial charge is 0.491 e. The molecule has 0 saturated heterocycles. The van der Waals surface area contributed by atoms with Crippen molar-refractivity contribution in [1.82, 2.24) is 0 Å². The zero-order chi connectivity index (χ0) is 37.8. The zero-order valence-corrected chi connectivity index (χ0v) is 30.0. The summed E-state index contributed by atoms with van der Waals surface area (Å²) in [6, 6.07) is 12.5. The molecule has 8 bridgehead atoms. The highest BCUT2D eigenvalue weighted by molar-refractivity contribution is 5.97. The Morgan fingerprint density at radius 3 is 0.870 bits per heavy atom. The third kappa shape index (κ3) is 13.9. The molecule has 0 fully saturated rings. The topological polar surface area (TPSA) is 185 Å². The SMILES string of the molecule is O=C(O)c1cc2c(C(=O)O)cc1OCc1cc3cc(c1)OCCOCCOCCOCCOc1cc(cc(c1)OCCOCCOCCOCCO3)CO2. The minimum atomic E-state index is -1.34.